The van der Waals surface area contributed by atoms with Crippen molar-refractivity contribution in [2.75, 3.05) is 0 Å². The fourth-order valence-electron chi connectivity index (χ4n) is 1.42. The maximum absolute atomic E-state index is 13.5. The molecule has 3 N–H and O–H groups in total. The Hall–Kier alpha value is -1.47. The van der Waals surface area contributed by atoms with E-state index in [1.54, 1.807) is 0 Å². The quantitative estimate of drug-likeness (QED) is 0.887. The van der Waals surface area contributed by atoms with Crippen molar-refractivity contribution in [2.45, 2.75) is 13.5 Å². The van der Waals surface area contributed by atoms with Crippen LogP contribution in [0.15, 0.2) is 15.1 Å². The van der Waals surface area contributed by atoms with Gasteiger partial charge in [-0.25, -0.2) is 4.39 Å². The van der Waals surface area contributed by atoms with Crippen molar-refractivity contribution >= 4 is 15.9 Å². The van der Waals surface area contributed by atoms with Gasteiger partial charge in [0.1, 0.15) is 11.6 Å². The molecule has 0 aliphatic carbocycles. The lowest BCUT2D eigenvalue weighted by Crippen LogP contribution is -1.96. The second-order valence-corrected chi connectivity index (χ2v) is 4.26. The Morgan fingerprint density at radius 1 is 1.59 bits per heavy atom. The van der Waals surface area contributed by atoms with Gasteiger partial charge in [-0.3, -0.25) is 0 Å². The molecule has 0 fully saturated rings. The first kappa shape index (κ1) is 12.0. The van der Waals surface area contributed by atoms with Crippen molar-refractivity contribution in [3.63, 3.8) is 0 Å². The van der Waals surface area contributed by atoms with Crippen LogP contribution < -0.4 is 5.73 Å². The van der Waals surface area contributed by atoms with E-state index in [1.807, 2.05) is 0 Å². The molecule has 0 radical (unpaired) electrons. The number of nitrogens with zero attached hydrogens (tertiary/aromatic N) is 2. The normalized spacial score (nSPS) is 10.8. The summed E-state index contributed by atoms with van der Waals surface area (Å²) < 4.78 is 18.6. The van der Waals surface area contributed by atoms with Crippen LogP contribution in [0.5, 0.6) is 5.75 Å². The molecule has 0 saturated heterocycles. The van der Waals surface area contributed by atoms with E-state index in [0.717, 1.165) is 0 Å². The van der Waals surface area contributed by atoms with Crippen molar-refractivity contribution < 1.29 is 14.0 Å². The van der Waals surface area contributed by atoms with Crippen LogP contribution in [0.4, 0.5) is 4.39 Å². The average Bonchev–Trinajstić information content (AvgIpc) is 2.75. The minimum absolute atomic E-state index is 0.0866. The summed E-state index contributed by atoms with van der Waals surface area (Å²) in [7, 11) is 0. The van der Waals surface area contributed by atoms with Crippen LogP contribution >= 0.6 is 15.9 Å². The maximum atomic E-state index is 13.5. The van der Waals surface area contributed by atoms with Crippen LogP contribution in [0.2, 0.25) is 0 Å². The summed E-state index contributed by atoms with van der Waals surface area (Å²) >= 11 is 3.05. The minimum atomic E-state index is -0.469. The molecule has 5 nitrogen and oxygen atoms in total. The van der Waals surface area contributed by atoms with Gasteiger partial charge in [-0.1, -0.05) is 5.16 Å². The van der Waals surface area contributed by atoms with Gasteiger partial charge < -0.3 is 15.4 Å². The Morgan fingerprint density at radius 3 is 2.88 bits per heavy atom. The highest BCUT2D eigenvalue weighted by Gasteiger charge is 2.19. The van der Waals surface area contributed by atoms with E-state index < -0.39 is 5.82 Å². The Labute approximate surface area is 105 Å². The molecule has 2 rings (SSSR count). The van der Waals surface area contributed by atoms with E-state index in [2.05, 4.69) is 26.1 Å². The Balaban J connectivity index is 2.65. The van der Waals surface area contributed by atoms with Crippen molar-refractivity contribution in [3.05, 3.63) is 27.8 Å². The Kier molecular flexibility index (Phi) is 3.12. The maximum Gasteiger partial charge on any atom is 0.240 e. The fourth-order valence-corrected chi connectivity index (χ4v) is 1.82. The second-order valence-electron chi connectivity index (χ2n) is 3.40. The number of hydrogen-bond acceptors (Lipinski definition) is 5. The average molecular weight is 302 g/mol. The van der Waals surface area contributed by atoms with Crippen molar-refractivity contribution in [1.82, 2.24) is 10.1 Å². The van der Waals surface area contributed by atoms with Gasteiger partial charge in [-0.15, -0.1) is 0 Å². The molecule has 1 aromatic carbocycles. The van der Waals surface area contributed by atoms with E-state index >= 15 is 0 Å². The number of nitrogens with two attached hydrogens (primary N) is 1. The predicted octanol–water partition coefficient (Wildman–Crippen LogP) is 2.11. The van der Waals surface area contributed by atoms with Crippen molar-refractivity contribution in [2.24, 2.45) is 5.73 Å². The third kappa shape index (κ3) is 2.03. The van der Waals surface area contributed by atoms with Gasteiger partial charge in [0, 0.05) is 0 Å². The number of halogens is 2. The number of rotatable bonds is 2. The summed E-state index contributed by atoms with van der Waals surface area (Å²) in [4.78, 5) is 3.95. The standard InChI is InChI=1S/C10H9BrFN3O2/c1-4-6(12)2-5(11)9(16)8(4)10-14-7(3-13)17-15-10/h2,16H,3,13H2,1H3. The van der Waals surface area contributed by atoms with Crippen LogP contribution in [0.1, 0.15) is 11.5 Å². The molecule has 0 bridgehead atoms. The Bertz CT molecular complexity index is 545. The molecular weight excluding hydrogens is 293 g/mol. The highest BCUT2D eigenvalue weighted by Crippen LogP contribution is 2.38. The number of phenols is 1. The smallest absolute Gasteiger partial charge is 0.240 e. The zero-order valence-corrected chi connectivity index (χ0v) is 10.5. The largest absolute Gasteiger partial charge is 0.506 e. The molecule has 1 aromatic heterocycles. The van der Waals surface area contributed by atoms with Crippen LogP contribution in [-0.4, -0.2) is 15.2 Å². The highest BCUT2D eigenvalue weighted by molar-refractivity contribution is 9.10. The van der Waals surface area contributed by atoms with Gasteiger partial charge in [-0.2, -0.15) is 4.98 Å². The van der Waals surface area contributed by atoms with E-state index in [0.29, 0.717) is 0 Å². The molecule has 0 saturated carbocycles. The summed E-state index contributed by atoms with van der Waals surface area (Å²) in [5.74, 6) is -0.267. The van der Waals surface area contributed by atoms with Crippen LogP contribution in [0, 0.1) is 12.7 Å². The summed E-state index contributed by atoms with van der Waals surface area (Å²) in [6, 6.07) is 1.18. The third-order valence-corrected chi connectivity index (χ3v) is 2.92. The number of phenolic OH excluding ortho intramolecular Hbond substituents is 1. The lowest BCUT2D eigenvalue weighted by Gasteiger charge is -2.07. The summed E-state index contributed by atoms with van der Waals surface area (Å²) in [6.07, 6.45) is 0. The molecule has 2 aromatic rings. The zero-order valence-electron chi connectivity index (χ0n) is 8.87. The fraction of sp³-hybridized carbons (Fsp3) is 0.200. The summed E-state index contributed by atoms with van der Waals surface area (Å²) in [5, 5.41) is 13.5. The topological polar surface area (TPSA) is 85.2 Å². The Morgan fingerprint density at radius 2 is 2.29 bits per heavy atom. The van der Waals surface area contributed by atoms with Gasteiger partial charge in [0.2, 0.25) is 11.7 Å². The molecular formula is C10H9BrFN3O2. The zero-order chi connectivity index (χ0) is 12.6. The van der Waals surface area contributed by atoms with E-state index in [-0.39, 0.29) is 39.6 Å². The molecule has 0 spiro atoms. The molecule has 0 amide bonds. The van der Waals surface area contributed by atoms with Crippen molar-refractivity contribution in [1.29, 1.82) is 0 Å². The van der Waals surface area contributed by atoms with Gasteiger partial charge in [0.05, 0.1) is 16.6 Å². The van der Waals surface area contributed by atoms with Crippen molar-refractivity contribution in [3.8, 4) is 17.1 Å². The van der Waals surface area contributed by atoms with E-state index in [9.17, 15) is 9.50 Å². The summed E-state index contributed by atoms with van der Waals surface area (Å²) in [6.45, 7) is 1.61. The second kappa shape index (κ2) is 4.42. The van der Waals surface area contributed by atoms with Crippen LogP contribution in [0.3, 0.4) is 0 Å². The highest BCUT2D eigenvalue weighted by atomic mass is 79.9. The molecule has 0 atom stereocenters. The number of hydrogen-bond donors (Lipinski definition) is 2. The van der Waals surface area contributed by atoms with Crippen LogP contribution in [0.25, 0.3) is 11.4 Å². The van der Waals surface area contributed by atoms with E-state index in [1.165, 1.54) is 13.0 Å². The summed E-state index contributed by atoms with van der Waals surface area (Å²) in [5.41, 5.74) is 5.78. The first-order valence-corrected chi connectivity index (χ1v) is 5.54. The molecule has 17 heavy (non-hydrogen) atoms. The molecule has 0 aliphatic rings. The first-order valence-electron chi connectivity index (χ1n) is 4.75. The lowest BCUT2D eigenvalue weighted by molar-refractivity contribution is 0.380. The predicted molar refractivity (Wildman–Crippen MR) is 61.7 cm³/mol. The van der Waals surface area contributed by atoms with Gasteiger partial charge in [0.25, 0.3) is 0 Å². The van der Waals surface area contributed by atoms with Gasteiger partial charge in [0.15, 0.2) is 0 Å². The first-order chi connectivity index (χ1) is 8.04. The molecule has 1 heterocycles. The third-order valence-electron chi connectivity index (χ3n) is 2.32. The lowest BCUT2D eigenvalue weighted by atomic mass is 10.1. The van der Waals surface area contributed by atoms with Crippen LogP contribution in [-0.2, 0) is 6.54 Å². The number of aromatic nitrogens is 2. The SMILES string of the molecule is Cc1c(F)cc(Br)c(O)c1-c1noc(CN)n1. The molecule has 0 aliphatic heterocycles. The number of benzene rings is 1. The monoisotopic (exact) mass is 301 g/mol. The molecule has 90 valence electrons. The number of aromatic hydroxyl groups is 1. The van der Waals surface area contributed by atoms with E-state index in [4.69, 9.17) is 10.3 Å². The molecule has 7 heteroatoms. The van der Waals surface area contributed by atoms with Gasteiger partial charge in [-0.05, 0) is 34.5 Å². The van der Waals surface area contributed by atoms with Gasteiger partial charge >= 0.3 is 0 Å². The minimum Gasteiger partial charge on any atom is -0.506 e. The molecule has 0 unspecified atom stereocenters.